The van der Waals surface area contributed by atoms with Crippen LogP contribution in [-0.2, 0) is 11.3 Å². The molecule has 0 saturated carbocycles. The molecule has 0 radical (unpaired) electrons. The van der Waals surface area contributed by atoms with Crippen LogP contribution in [0.2, 0.25) is 0 Å². The minimum Gasteiger partial charge on any atom is -0.383 e. The van der Waals surface area contributed by atoms with Crippen LogP contribution < -0.4 is 10.2 Å². The van der Waals surface area contributed by atoms with Crippen LogP contribution in [0.4, 0.5) is 5.69 Å². The standard InChI is InChI=1S/C16H28N2O/c1-13-11-15(18(5)9-10-19-6)8-7-14(13)12-17-16(2,3)4/h7-8,11,17H,9-10,12H2,1-6H3. The summed E-state index contributed by atoms with van der Waals surface area (Å²) in [6.07, 6.45) is 0. The Labute approximate surface area is 118 Å². The summed E-state index contributed by atoms with van der Waals surface area (Å²) >= 11 is 0. The highest BCUT2D eigenvalue weighted by Crippen LogP contribution is 2.18. The Kier molecular flexibility index (Phi) is 5.83. The lowest BCUT2D eigenvalue weighted by molar-refractivity contribution is 0.206. The van der Waals surface area contributed by atoms with Crippen LogP contribution in [-0.4, -0.2) is 32.8 Å². The monoisotopic (exact) mass is 264 g/mol. The van der Waals surface area contributed by atoms with Gasteiger partial charge in [-0.25, -0.2) is 0 Å². The van der Waals surface area contributed by atoms with E-state index in [-0.39, 0.29) is 5.54 Å². The van der Waals surface area contributed by atoms with E-state index in [0.29, 0.717) is 0 Å². The molecular weight excluding hydrogens is 236 g/mol. The van der Waals surface area contributed by atoms with E-state index in [2.05, 4.69) is 63.2 Å². The first-order valence-corrected chi connectivity index (χ1v) is 6.88. The maximum atomic E-state index is 5.11. The molecule has 0 spiro atoms. The molecule has 108 valence electrons. The first-order valence-electron chi connectivity index (χ1n) is 6.88. The first kappa shape index (κ1) is 16.0. The van der Waals surface area contributed by atoms with Crippen LogP contribution in [0.15, 0.2) is 18.2 Å². The molecule has 0 aliphatic heterocycles. The predicted octanol–water partition coefficient (Wildman–Crippen LogP) is 2.97. The van der Waals surface area contributed by atoms with Gasteiger partial charge in [0.2, 0.25) is 0 Å². The van der Waals surface area contributed by atoms with Gasteiger partial charge in [0.25, 0.3) is 0 Å². The molecule has 0 aliphatic rings. The van der Waals surface area contributed by atoms with Crippen molar-refractivity contribution in [3.63, 3.8) is 0 Å². The SMILES string of the molecule is COCCN(C)c1ccc(CNC(C)(C)C)c(C)c1. The Morgan fingerprint density at radius 2 is 1.95 bits per heavy atom. The Hall–Kier alpha value is -1.06. The van der Waals surface area contributed by atoms with Gasteiger partial charge in [0.1, 0.15) is 0 Å². The molecule has 1 N–H and O–H groups in total. The molecule has 0 saturated heterocycles. The second-order valence-electron chi connectivity index (χ2n) is 6.13. The maximum Gasteiger partial charge on any atom is 0.0637 e. The van der Waals surface area contributed by atoms with Crippen molar-refractivity contribution in [1.29, 1.82) is 0 Å². The first-order chi connectivity index (χ1) is 8.83. The van der Waals surface area contributed by atoms with Crippen molar-refractivity contribution in [2.24, 2.45) is 0 Å². The third kappa shape index (κ3) is 5.62. The number of hydrogen-bond donors (Lipinski definition) is 1. The average molecular weight is 264 g/mol. The van der Waals surface area contributed by atoms with Crippen LogP contribution in [0.5, 0.6) is 0 Å². The second-order valence-corrected chi connectivity index (χ2v) is 6.13. The molecule has 0 aliphatic carbocycles. The van der Waals surface area contributed by atoms with Gasteiger partial charge < -0.3 is 15.0 Å². The van der Waals surface area contributed by atoms with E-state index in [1.54, 1.807) is 7.11 Å². The maximum absolute atomic E-state index is 5.11. The Morgan fingerprint density at radius 1 is 1.26 bits per heavy atom. The van der Waals surface area contributed by atoms with Crippen LogP contribution in [0, 0.1) is 6.92 Å². The number of hydrogen-bond acceptors (Lipinski definition) is 3. The predicted molar refractivity (Wildman–Crippen MR) is 82.9 cm³/mol. The van der Waals surface area contributed by atoms with Crippen LogP contribution >= 0.6 is 0 Å². The van der Waals surface area contributed by atoms with Crippen molar-refractivity contribution in [3.8, 4) is 0 Å². The van der Waals surface area contributed by atoms with Gasteiger partial charge in [0.05, 0.1) is 6.61 Å². The van der Waals surface area contributed by atoms with Gasteiger partial charge in [0, 0.05) is 38.5 Å². The molecule has 0 unspecified atom stereocenters. The molecule has 1 aromatic rings. The summed E-state index contributed by atoms with van der Waals surface area (Å²) < 4.78 is 5.11. The number of anilines is 1. The van der Waals surface area contributed by atoms with E-state index >= 15 is 0 Å². The molecule has 0 amide bonds. The number of benzene rings is 1. The highest BCUT2D eigenvalue weighted by atomic mass is 16.5. The minimum atomic E-state index is 0.153. The number of nitrogens with zero attached hydrogens (tertiary/aromatic N) is 1. The number of rotatable bonds is 6. The second kappa shape index (κ2) is 6.92. The summed E-state index contributed by atoms with van der Waals surface area (Å²) in [5.41, 5.74) is 4.09. The molecule has 0 fully saturated rings. The van der Waals surface area contributed by atoms with E-state index in [0.717, 1.165) is 19.7 Å². The Balaban J connectivity index is 2.69. The van der Waals surface area contributed by atoms with Crippen LogP contribution in [0.1, 0.15) is 31.9 Å². The third-order valence-electron chi connectivity index (χ3n) is 3.21. The van der Waals surface area contributed by atoms with Crippen molar-refractivity contribution in [3.05, 3.63) is 29.3 Å². The number of methoxy groups -OCH3 is 1. The van der Waals surface area contributed by atoms with Gasteiger partial charge in [-0.3, -0.25) is 0 Å². The zero-order valence-electron chi connectivity index (χ0n) is 13.2. The number of likely N-dealkylation sites (N-methyl/N-ethyl adjacent to an activating group) is 1. The zero-order valence-corrected chi connectivity index (χ0v) is 13.2. The highest BCUT2D eigenvalue weighted by Gasteiger charge is 2.10. The van der Waals surface area contributed by atoms with Gasteiger partial charge in [-0.2, -0.15) is 0 Å². The van der Waals surface area contributed by atoms with Gasteiger partial charge in [-0.05, 0) is 51.0 Å². The number of aryl methyl sites for hydroxylation is 1. The van der Waals surface area contributed by atoms with E-state index in [1.807, 2.05) is 0 Å². The summed E-state index contributed by atoms with van der Waals surface area (Å²) in [6.45, 7) is 11.3. The van der Waals surface area contributed by atoms with Crippen molar-refractivity contribution >= 4 is 5.69 Å². The molecule has 3 nitrogen and oxygen atoms in total. The van der Waals surface area contributed by atoms with E-state index in [4.69, 9.17) is 4.74 Å². The summed E-state index contributed by atoms with van der Waals surface area (Å²) in [6, 6.07) is 6.64. The molecule has 0 atom stereocenters. The molecule has 0 aromatic heterocycles. The summed E-state index contributed by atoms with van der Waals surface area (Å²) in [7, 11) is 3.83. The van der Waals surface area contributed by atoms with Gasteiger partial charge in [-0.15, -0.1) is 0 Å². The Morgan fingerprint density at radius 3 is 2.47 bits per heavy atom. The lowest BCUT2D eigenvalue weighted by atomic mass is 10.0. The molecule has 3 heteroatoms. The molecule has 0 heterocycles. The molecule has 1 rings (SSSR count). The lowest BCUT2D eigenvalue weighted by Crippen LogP contribution is -2.35. The van der Waals surface area contributed by atoms with Gasteiger partial charge in [-0.1, -0.05) is 6.07 Å². The van der Waals surface area contributed by atoms with Crippen LogP contribution in [0.3, 0.4) is 0 Å². The topological polar surface area (TPSA) is 24.5 Å². The fourth-order valence-corrected chi connectivity index (χ4v) is 1.83. The molecule has 19 heavy (non-hydrogen) atoms. The fraction of sp³-hybridized carbons (Fsp3) is 0.625. The fourth-order valence-electron chi connectivity index (χ4n) is 1.83. The van der Waals surface area contributed by atoms with Crippen molar-refractivity contribution in [2.45, 2.75) is 39.8 Å². The van der Waals surface area contributed by atoms with Gasteiger partial charge >= 0.3 is 0 Å². The molecular formula is C16H28N2O. The van der Waals surface area contributed by atoms with E-state index in [1.165, 1.54) is 16.8 Å². The quantitative estimate of drug-likeness (QED) is 0.855. The molecule has 0 bridgehead atoms. The number of ether oxygens (including phenoxy) is 1. The zero-order chi connectivity index (χ0) is 14.5. The lowest BCUT2D eigenvalue weighted by Gasteiger charge is -2.23. The van der Waals surface area contributed by atoms with Gasteiger partial charge in [0.15, 0.2) is 0 Å². The van der Waals surface area contributed by atoms with Crippen LogP contribution in [0.25, 0.3) is 0 Å². The summed E-state index contributed by atoms with van der Waals surface area (Å²) in [5, 5.41) is 3.53. The van der Waals surface area contributed by atoms with Crippen molar-refractivity contribution in [2.75, 3.05) is 32.2 Å². The summed E-state index contributed by atoms with van der Waals surface area (Å²) in [5.74, 6) is 0. The smallest absolute Gasteiger partial charge is 0.0637 e. The normalized spacial score (nSPS) is 11.7. The third-order valence-corrected chi connectivity index (χ3v) is 3.21. The van der Waals surface area contributed by atoms with Crippen molar-refractivity contribution < 1.29 is 4.74 Å². The Bertz CT molecular complexity index is 396. The largest absolute Gasteiger partial charge is 0.383 e. The van der Waals surface area contributed by atoms with E-state index < -0.39 is 0 Å². The number of nitrogens with one attached hydrogen (secondary N) is 1. The van der Waals surface area contributed by atoms with E-state index in [9.17, 15) is 0 Å². The minimum absolute atomic E-state index is 0.153. The summed E-state index contributed by atoms with van der Waals surface area (Å²) in [4.78, 5) is 2.22. The average Bonchev–Trinajstić information content (AvgIpc) is 2.33. The molecule has 1 aromatic carbocycles. The van der Waals surface area contributed by atoms with Crippen molar-refractivity contribution in [1.82, 2.24) is 5.32 Å². The highest BCUT2D eigenvalue weighted by molar-refractivity contribution is 5.50.